The standard InChI is InChI=1S/C21H22N4O3/c1-3-25-17-8-5-4-7-16(17)23-21(25)24-20(26)9-6-12-28-18-11-10-15(14-22)13-19(18)27-2/h4-5,7-8,10-11,13H,3,6,9,12H2,1-2H3,(H,23,24,26). The predicted molar refractivity (Wildman–Crippen MR) is 106 cm³/mol. The van der Waals surface area contributed by atoms with Crippen LogP contribution in [0.2, 0.25) is 0 Å². The van der Waals surface area contributed by atoms with Gasteiger partial charge >= 0.3 is 0 Å². The topological polar surface area (TPSA) is 89.2 Å². The minimum Gasteiger partial charge on any atom is -0.493 e. The van der Waals surface area contributed by atoms with Gasteiger partial charge in [-0.1, -0.05) is 12.1 Å². The Morgan fingerprint density at radius 2 is 2.07 bits per heavy atom. The number of amides is 1. The SMILES string of the molecule is CCn1c(NC(=O)CCCOc2ccc(C#N)cc2OC)nc2ccccc21. The van der Waals surface area contributed by atoms with Gasteiger partial charge in [0.1, 0.15) is 0 Å². The van der Waals surface area contributed by atoms with E-state index in [0.717, 1.165) is 17.6 Å². The summed E-state index contributed by atoms with van der Waals surface area (Å²) in [6.45, 7) is 3.10. The number of hydrogen-bond acceptors (Lipinski definition) is 5. The summed E-state index contributed by atoms with van der Waals surface area (Å²) >= 11 is 0. The third kappa shape index (κ3) is 4.23. The summed E-state index contributed by atoms with van der Waals surface area (Å²) < 4.78 is 12.9. The van der Waals surface area contributed by atoms with Crippen molar-refractivity contribution in [2.45, 2.75) is 26.3 Å². The zero-order valence-corrected chi connectivity index (χ0v) is 15.9. The van der Waals surface area contributed by atoms with Gasteiger partial charge in [-0.05, 0) is 37.6 Å². The average Bonchev–Trinajstić information content (AvgIpc) is 3.07. The average molecular weight is 378 g/mol. The molecule has 7 heteroatoms. The molecule has 0 unspecified atom stereocenters. The van der Waals surface area contributed by atoms with Crippen molar-refractivity contribution in [2.24, 2.45) is 0 Å². The molecule has 0 saturated carbocycles. The minimum atomic E-state index is -0.111. The lowest BCUT2D eigenvalue weighted by Gasteiger charge is -2.11. The van der Waals surface area contributed by atoms with Crippen molar-refractivity contribution >= 4 is 22.9 Å². The molecule has 1 N–H and O–H groups in total. The molecule has 0 aliphatic heterocycles. The molecule has 7 nitrogen and oxygen atoms in total. The second-order valence-corrected chi connectivity index (χ2v) is 6.15. The van der Waals surface area contributed by atoms with Gasteiger partial charge in [-0.25, -0.2) is 4.98 Å². The highest BCUT2D eigenvalue weighted by atomic mass is 16.5. The lowest BCUT2D eigenvalue weighted by Crippen LogP contribution is -2.16. The first-order valence-corrected chi connectivity index (χ1v) is 9.12. The van der Waals surface area contributed by atoms with Crippen LogP contribution in [0.5, 0.6) is 11.5 Å². The maximum Gasteiger partial charge on any atom is 0.226 e. The number of fused-ring (bicyclic) bond motifs is 1. The number of para-hydroxylation sites is 2. The summed E-state index contributed by atoms with van der Waals surface area (Å²) in [4.78, 5) is 16.8. The van der Waals surface area contributed by atoms with Crippen molar-refractivity contribution in [2.75, 3.05) is 19.0 Å². The van der Waals surface area contributed by atoms with E-state index in [2.05, 4.69) is 16.4 Å². The van der Waals surface area contributed by atoms with Crippen LogP contribution in [-0.2, 0) is 11.3 Å². The number of nitrogens with one attached hydrogen (secondary N) is 1. The molecule has 0 saturated heterocycles. The molecule has 1 aromatic heterocycles. The van der Waals surface area contributed by atoms with Gasteiger partial charge < -0.3 is 14.0 Å². The Bertz CT molecular complexity index is 1020. The number of carbonyl (C=O) groups excluding carboxylic acids is 1. The van der Waals surface area contributed by atoms with E-state index in [1.807, 2.05) is 35.8 Å². The normalized spacial score (nSPS) is 10.5. The third-order valence-corrected chi connectivity index (χ3v) is 4.32. The van der Waals surface area contributed by atoms with Crippen LogP contribution in [-0.4, -0.2) is 29.2 Å². The predicted octanol–water partition coefficient (Wildman–Crippen LogP) is 3.73. The number of aryl methyl sites for hydroxylation is 1. The third-order valence-electron chi connectivity index (χ3n) is 4.32. The van der Waals surface area contributed by atoms with Gasteiger partial charge in [0.05, 0.1) is 36.4 Å². The second kappa shape index (κ2) is 8.91. The number of anilines is 1. The number of nitrogens with zero attached hydrogens (tertiary/aromatic N) is 3. The van der Waals surface area contributed by atoms with Crippen LogP contribution < -0.4 is 14.8 Å². The first kappa shape index (κ1) is 19.2. The van der Waals surface area contributed by atoms with Crippen molar-refractivity contribution in [1.29, 1.82) is 5.26 Å². The summed E-state index contributed by atoms with van der Waals surface area (Å²) in [6, 6.07) is 14.8. The van der Waals surface area contributed by atoms with Gasteiger partial charge in [0.25, 0.3) is 0 Å². The number of aromatic nitrogens is 2. The fourth-order valence-corrected chi connectivity index (χ4v) is 2.95. The van der Waals surface area contributed by atoms with E-state index in [-0.39, 0.29) is 5.91 Å². The van der Waals surface area contributed by atoms with Gasteiger partial charge in [-0.15, -0.1) is 0 Å². The smallest absolute Gasteiger partial charge is 0.226 e. The largest absolute Gasteiger partial charge is 0.493 e. The summed E-state index contributed by atoms with van der Waals surface area (Å²) in [5, 5.41) is 11.8. The Morgan fingerprint density at radius 3 is 2.82 bits per heavy atom. The molecule has 0 aliphatic carbocycles. The minimum absolute atomic E-state index is 0.111. The molecule has 144 valence electrons. The van der Waals surface area contributed by atoms with Crippen molar-refractivity contribution < 1.29 is 14.3 Å². The summed E-state index contributed by atoms with van der Waals surface area (Å²) in [5.41, 5.74) is 2.36. The van der Waals surface area contributed by atoms with Crippen LogP contribution in [0, 0.1) is 11.3 Å². The zero-order chi connectivity index (χ0) is 19.9. The number of methoxy groups -OCH3 is 1. The summed E-state index contributed by atoms with van der Waals surface area (Å²) in [6.07, 6.45) is 0.854. The Hall–Kier alpha value is -3.53. The van der Waals surface area contributed by atoms with Crippen LogP contribution in [0.3, 0.4) is 0 Å². The van der Waals surface area contributed by atoms with E-state index in [0.29, 0.717) is 42.5 Å². The highest BCUT2D eigenvalue weighted by molar-refractivity contribution is 5.91. The molecule has 0 radical (unpaired) electrons. The van der Waals surface area contributed by atoms with Gasteiger partial charge in [-0.3, -0.25) is 10.1 Å². The molecule has 2 aromatic carbocycles. The molecular weight excluding hydrogens is 356 g/mol. The van der Waals surface area contributed by atoms with Crippen molar-refractivity contribution in [3.8, 4) is 17.6 Å². The van der Waals surface area contributed by atoms with E-state index < -0.39 is 0 Å². The molecule has 1 amide bonds. The van der Waals surface area contributed by atoms with Crippen molar-refractivity contribution in [3.63, 3.8) is 0 Å². The van der Waals surface area contributed by atoms with Crippen LogP contribution in [0.15, 0.2) is 42.5 Å². The van der Waals surface area contributed by atoms with Crippen molar-refractivity contribution in [1.82, 2.24) is 9.55 Å². The molecule has 0 fully saturated rings. The maximum absolute atomic E-state index is 12.3. The highest BCUT2D eigenvalue weighted by Crippen LogP contribution is 2.28. The van der Waals surface area contributed by atoms with Gasteiger partial charge in [0.2, 0.25) is 11.9 Å². The Labute approximate surface area is 163 Å². The van der Waals surface area contributed by atoms with Crippen molar-refractivity contribution in [3.05, 3.63) is 48.0 Å². The van der Waals surface area contributed by atoms with Crippen LogP contribution in [0.25, 0.3) is 11.0 Å². The monoisotopic (exact) mass is 378 g/mol. The van der Waals surface area contributed by atoms with E-state index in [9.17, 15) is 4.79 Å². The highest BCUT2D eigenvalue weighted by Gasteiger charge is 2.12. The lowest BCUT2D eigenvalue weighted by atomic mass is 10.2. The molecule has 0 spiro atoms. The molecule has 0 bridgehead atoms. The first-order chi connectivity index (χ1) is 13.7. The van der Waals surface area contributed by atoms with Crippen LogP contribution in [0.4, 0.5) is 5.95 Å². The second-order valence-electron chi connectivity index (χ2n) is 6.15. The van der Waals surface area contributed by atoms with E-state index >= 15 is 0 Å². The molecule has 3 aromatic rings. The molecule has 0 atom stereocenters. The Morgan fingerprint density at radius 1 is 1.25 bits per heavy atom. The fourth-order valence-electron chi connectivity index (χ4n) is 2.95. The Balaban J connectivity index is 1.54. The van der Waals surface area contributed by atoms with Gasteiger partial charge in [-0.2, -0.15) is 5.26 Å². The summed E-state index contributed by atoms with van der Waals surface area (Å²) in [7, 11) is 1.52. The zero-order valence-electron chi connectivity index (χ0n) is 15.9. The number of hydrogen-bond donors (Lipinski definition) is 1. The Kier molecular flexibility index (Phi) is 6.12. The van der Waals surface area contributed by atoms with E-state index in [1.54, 1.807) is 18.2 Å². The number of ether oxygens (including phenoxy) is 2. The molecule has 3 rings (SSSR count). The van der Waals surface area contributed by atoms with Gasteiger partial charge in [0.15, 0.2) is 11.5 Å². The fraction of sp³-hybridized carbons (Fsp3) is 0.286. The molecule has 28 heavy (non-hydrogen) atoms. The number of carbonyl (C=O) groups is 1. The molecule has 0 aliphatic rings. The summed E-state index contributed by atoms with van der Waals surface area (Å²) in [5.74, 6) is 1.50. The van der Waals surface area contributed by atoms with Gasteiger partial charge in [0, 0.05) is 19.0 Å². The lowest BCUT2D eigenvalue weighted by molar-refractivity contribution is -0.116. The molecule has 1 heterocycles. The number of nitriles is 1. The number of imidazole rings is 1. The quantitative estimate of drug-likeness (QED) is 0.603. The maximum atomic E-state index is 12.3. The number of rotatable bonds is 8. The van der Waals surface area contributed by atoms with E-state index in [1.165, 1.54) is 7.11 Å². The first-order valence-electron chi connectivity index (χ1n) is 9.12. The van der Waals surface area contributed by atoms with Crippen LogP contribution in [0.1, 0.15) is 25.3 Å². The number of benzene rings is 2. The molecular formula is C21H22N4O3. The van der Waals surface area contributed by atoms with E-state index in [4.69, 9.17) is 14.7 Å². The van der Waals surface area contributed by atoms with Crippen LogP contribution >= 0.6 is 0 Å².